The van der Waals surface area contributed by atoms with E-state index in [0.717, 1.165) is 16.5 Å². The Labute approximate surface area is 168 Å². The Morgan fingerprint density at radius 1 is 0.966 bits per heavy atom. The maximum absolute atomic E-state index is 12.2. The molecule has 7 nitrogen and oxygen atoms in total. The number of carbonyl (C=O) groups excluding carboxylic acids is 2. The van der Waals surface area contributed by atoms with E-state index in [4.69, 9.17) is 9.47 Å². The largest absolute Gasteiger partial charge is 0.493 e. The monoisotopic (exact) mass is 393 g/mol. The highest BCUT2D eigenvalue weighted by Gasteiger charge is 2.08. The van der Waals surface area contributed by atoms with Gasteiger partial charge in [-0.05, 0) is 35.9 Å². The molecule has 0 saturated heterocycles. The van der Waals surface area contributed by atoms with Gasteiger partial charge in [-0.3, -0.25) is 9.59 Å². The number of para-hydroxylation sites is 1. The number of rotatable bonds is 8. The number of amides is 2. The molecule has 0 radical (unpaired) electrons. The second-order valence-electron chi connectivity index (χ2n) is 6.26. The van der Waals surface area contributed by atoms with Crippen molar-refractivity contribution in [3.05, 3.63) is 65.9 Å². The molecule has 0 fully saturated rings. The molecule has 1 aromatic heterocycles. The third-order valence-electron chi connectivity index (χ3n) is 4.32. The van der Waals surface area contributed by atoms with Crippen LogP contribution in [0.15, 0.2) is 54.6 Å². The predicted molar refractivity (Wildman–Crippen MR) is 112 cm³/mol. The first-order valence-corrected chi connectivity index (χ1v) is 9.14. The smallest absolute Gasteiger partial charge is 0.267 e. The Bertz CT molecular complexity index is 1010. The normalized spacial score (nSPS) is 10.8. The topological polar surface area (TPSA) is 92.5 Å². The fourth-order valence-electron chi connectivity index (χ4n) is 2.84. The SMILES string of the molecule is COc1ccc(/C=C/C(=O)NCCNC(=O)c2cc3ccccc3[nH]2)cc1OC. The van der Waals surface area contributed by atoms with Gasteiger partial charge in [0.1, 0.15) is 5.69 Å². The fraction of sp³-hybridized carbons (Fsp3) is 0.182. The van der Waals surface area contributed by atoms with Gasteiger partial charge in [0.25, 0.3) is 5.91 Å². The molecule has 0 saturated carbocycles. The van der Waals surface area contributed by atoms with Crippen molar-refractivity contribution in [2.75, 3.05) is 27.3 Å². The lowest BCUT2D eigenvalue weighted by Gasteiger charge is -2.07. The molecule has 1 heterocycles. The van der Waals surface area contributed by atoms with Crippen LogP contribution in [0.3, 0.4) is 0 Å². The molecule has 3 rings (SSSR count). The van der Waals surface area contributed by atoms with E-state index in [-0.39, 0.29) is 11.8 Å². The molecule has 2 aromatic carbocycles. The molecule has 3 aromatic rings. The van der Waals surface area contributed by atoms with E-state index < -0.39 is 0 Å². The van der Waals surface area contributed by atoms with Gasteiger partial charge in [0.05, 0.1) is 14.2 Å². The third kappa shape index (κ3) is 5.16. The van der Waals surface area contributed by atoms with Gasteiger partial charge >= 0.3 is 0 Å². The summed E-state index contributed by atoms with van der Waals surface area (Å²) < 4.78 is 10.4. The minimum absolute atomic E-state index is 0.212. The molecular formula is C22H23N3O4. The van der Waals surface area contributed by atoms with Crippen LogP contribution >= 0.6 is 0 Å². The molecule has 150 valence electrons. The minimum Gasteiger partial charge on any atom is -0.493 e. The lowest BCUT2D eigenvalue weighted by atomic mass is 10.2. The van der Waals surface area contributed by atoms with Gasteiger partial charge < -0.3 is 25.1 Å². The molecule has 3 N–H and O–H groups in total. The van der Waals surface area contributed by atoms with Gasteiger partial charge in [0, 0.05) is 30.1 Å². The molecule has 29 heavy (non-hydrogen) atoms. The van der Waals surface area contributed by atoms with Crippen molar-refractivity contribution < 1.29 is 19.1 Å². The Balaban J connectivity index is 1.45. The number of methoxy groups -OCH3 is 2. The van der Waals surface area contributed by atoms with E-state index in [0.29, 0.717) is 30.3 Å². The quantitative estimate of drug-likeness (QED) is 0.405. The number of nitrogens with one attached hydrogen (secondary N) is 3. The first-order chi connectivity index (χ1) is 14.1. The van der Waals surface area contributed by atoms with Crippen LogP contribution < -0.4 is 20.1 Å². The summed E-state index contributed by atoms with van der Waals surface area (Å²) in [5.74, 6) is 0.755. The fourth-order valence-corrected chi connectivity index (χ4v) is 2.84. The number of hydrogen-bond donors (Lipinski definition) is 3. The van der Waals surface area contributed by atoms with Gasteiger partial charge in [0.15, 0.2) is 11.5 Å². The Morgan fingerprint density at radius 3 is 2.48 bits per heavy atom. The molecule has 0 bridgehead atoms. The zero-order chi connectivity index (χ0) is 20.6. The van der Waals surface area contributed by atoms with Crippen molar-refractivity contribution >= 4 is 28.8 Å². The number of aromatic amines is 1. The van der Waals surface area contributed by atoms with Crippen molar-refractivity contribution in [1.29, 1.82) is 0 Å². The predicted octanol–water partition coefficient (Wildman–Crippen LogP) is 2.74. The van der Waals surface area contributed by atoms with E-state index in [9.17, 15) is 9.59 Å². The van der Waals surface area contributed by atoms with Gasteiger partial charge in [-0.2, -0.15) is 0 Å². The zero-order valence-corrected chi connectivity index (χ0v) is 16.3. The summed E-state index contributed by atoms with van der Waals surface area (Å²) in [6, 6.07) is 14.9. The van der Waals surface area contributed by atoms with Crippen molar-refractivity contribution in [1.82, 2.24) is 15.6 Å². The highest BCUT2D eigenvalue weighted by atomic mass is 16.5. The molecule has 0 spiro atoms. The first kappa shape index (κ1) is 20.0. The maximum Gasteiger partial charge on any atom is 0.267 e. The van der Waals surface area contributed by atoms with Gasteiger partial charge in [-0.25, -0.2) is 0 Å². The van der Waals surface area contributed by atoms with Gasteiger partial charge in [-0.1, -0.05) is 24.3 Å². The molecular weight excluding hydrogens is 370 g/mol. The van der Waals surface area contributed by atoms with Crippen molar-refractivity contribution in [3.8, 4) is 11.5 Å². The number of aromatic nitrogens is 1. The number of H-pyrrole nitrogens is 1. The first-order valence-electron chi connectivity index (χ1n) is 9.14. The van der Waals surface area contributed by atoms with E-state index in [1.165, 1.54) is 6.08 Å². The van der Waals surface area contributed by atoms with Crippen LogP contribution in [0.5, 0.6) is 11.5 Å². The van der Waals surface area contributed by atoms with Crippen LogP contribution in [0.1, 0.15) is 16.1 Å². The number of fused-ring (bicyclic) bond motifs is 1. The van der Waals surface area contributed by atoms with E-state index in [2.05, 4.69) is 15.6 Å². The van der Waals surface area contributed by atoms with Gasteiger partial charge in [-0.15, -0.1) is 0 Å². The molecule has 0 atom stereocenters. The maximum atomic E-state index is 12.2. The van der Waals surface area contributed by atoms with Crippen LogP contribution in [0.25, 0.3) is 17.0 Å². The Kier molecular flexibility index (Phi) is 6.52. The standard InChI is InChI=1S/C22H23N3O4/c1-28-19-9-7-15(13-20(19)29-2)8-10-21(26)23-11-12-24-22(27)18-14-16-5-3-4-6-17(16)25-18/h3-10,13-14,25H,11-12H2,1-2H3,(H,23,26)(H,24,27)/b10-8+. The summed E-state index contributed by atoms with van der Waals surface area (Å²) >= 11 is 0. The van der Waals surface area contributed by atoms with Crippen LogP contribution in [0.4, 0.5) is 0 Å². The summed E-state index contributed by atoms with van der Waals surface area (Å²) in [5.41, 5.74) is 2.21. The Hall–Kier alpha value is -3.74. The van der Waals surface area contributed by atoms with Crippen LogP contribution in [0.2, 0.25) is 0 Å². The molecule has 0 aliphatic carbocycles. The molecule has 0 aliphatic rings. The second-order valence-corrected chi connectivity index (χ2v) is 6.26. The highest BCUT2D eigenvalue weighted by molar-refractivity contribution is 5.98. The van der Waals surface area contributed by atoms with Crippen LogP contribution in [0, 0.1) is 0 Å². The van der Waals surface area contributed by atoms with Crippen molar-refractivity contribution in [2.24, 2.45) is 0 Å². The van der Waals surface area contributed by atoms with E-state index in [1.807, 2.05) is 30.3 Å². The highest BCUT2D eigenvalue weighted by Crippen LogP contribution is 2.27. The van der Waals surface area contributed by atoms with Crippen molar-refractivity contribution in [2.45, 2.75) is 0 Å². The van der Waals surface area contributed by atoms with Crippen molar-refractivity contribution in [3.63, 3.8) is 0 Å². The number of benzene rings is 2. The molecule has 0 unspecified atom stereocenters. The average Bonchev–Trinajstić information content (AvgIpc) is 3.19. The van der Waals surface area contributed by atoms with Gasteiger partial charge in [0.2, 0.25) is 5.91 Å². The summed E-state index contributed by atoms with van der Waals surface area (Å²) in [6.07, 6.45) is 3.11. The number of carbonyl (C=O) groups is 2. The molecule has 7 heteroatoms. The van der Waals surface area contributed by atoms with Crippen LogP contribution in [-0.4, -0.2) is 44.1 Å². The summed E-state index contributed by atoms with van der Waals surface area (Å²) in [5, 5.41) is 6.49. The number of hydrogen-bond acceptors (Lipinski definition) is 4. The van der Waals surface area contributed by atoms with E-state index in [1.54, 1.807) is 38.5 Å². The summed E-state index contributed by atoms with van der Waals surface area (Å²) in [7, 11) is 3.12. The lowest BCUT2D eigenvalue weighted by molar-refractivity contribution is -0.116. The average molecular weight is 393 g/mol. The third-order valence-corrected chi connectivity index (χ3v) is 4.32. The van der Waals surface area contributed by atoms with Crippen LogP contribution in [-0.2, 0) is 4.79 Å². The lowest BCUT2D eigenvalue weighted by Crippen LogP contribution is -2.34. The second kappa shape index (κ2) is 9.45. The summed E-state index contributed by atoms with van der Waals surface area (Å²) in [4.78, 5) is 27.2. The van der Waals surface area contributed by atoms with E-state index >= 15 is 0 Å². The number of ether oxygens (including phenoxy) is 2. The zero-order valence-electron chi connectivity index (χ0n) is 16.3. The molecule has 2 amide bonds. The Morgan fingerprint density at radius 2 is 1.72 bits per heavy atom. The summed E-state index contributed by atoms with van der Waals surface area (Å²) in [6.45, 7) is 0.644. The molecule has 0 aliphatic heterocycles. The minimum atomic E-state index is -0.250.